The quantitative estimate of drug-likeness (QED) is 0.880. The SMILES string of the molecule is COc1ccc(Br)c2c(=O)c3c([nH]c12)CCOC3. The molecule has 3 rings (SSSR count). The van der Waals surface area contributed by atoms with Crippen LogP contribution in [-0.2, 0) is 17.8 Å². The largest absolute Gasteiger partial charge is 0.495 e. The predicted octanol–water partition coefficient (Wildman–Crippen LogP) is 2.37. The molecule has 4 nitrogen and oxygen atoms in total. The molecule has 0 amide bonds. The zero-order valence-electron chi connectivity index (χ0n) is 9.88. The van der Waals surface area contributed by atoms with E-state index in [-0.39, 0.29) is 5.43 Å². The summed E-state index contributed by atoms with van der Waals surface area (Å²) in [5, 5.41) is 0.624. The lowest BCUT2D eigenvalue weighted by molar-refractivity contribution is 0.108. The second-order valence-electron chi connectivity index (χ2n) is 4.21. The molecular weight excluding hydrogens is 298 g/mol. The summed E-state index contributed by atoms with van der Waals surface area (Å²) in [4.78, 5) is 15.8. The number of benzene rings is 1. The molecule has 18 heavy (non-hydrogen) atoms. The molecule has 0 saturated heterocycles. The summed E-state index contributed by atoms with van der Waals surface area (Å²) in [6.07, 6.45) is 0.732. The average Bonchev–Trinajstić information content (AvgIpc) is 2.39. The number of hydrogen-bond donors (Lipinski definition) is 1. The first-order valence-electron chi connectivity index (χ1n) is 5.70. The van der Waals surface area contributed by atoms with Gasteiger partial charge in [0.1, 0.15) is 5.75 Å². The van der Waals surface area contributed by atoms with Crippen molar-refractivity contribution in [3.8, 4) is 5.75 Å². The van der Waals surface area contributed by atoms with E-state index in [1.165, 1.54) is 0 Å². The minimum absolute atomic E-state index is 0.0178. The van der Waals surface area contributed by atoms with Crippen LogP contribution in [0, 0.1) is 0 Å². The Labute approximate surface area is 112 Å². The van der Waals surface area contributed by atoms with E-state index in [4.69, 9.17) is 9.47 Å². The van der Waals surface area contributed by atoms with Crippen LogP contribution in [0.25, 0.3) is 10.9 Å². The van der Waals surface area contributed by atoms with E-state index in [1.807, 2.05) is 12.1 Å². The Balaban J connectivity index is 2.45. The lowest BCUT2D eigenvalue weighted by atomic mass is 10.1. The number of methoxy groups -OCH3 is 1. The van der Waals surface area contributed by atoms with Gasteiger partial charge in [0.2, 0.25) is 0 Å². The Bertz CT molecular complexity index is 678. The first-order valence-corrected chi connectivity index (χ1v) is 6.49. The maximum absolute atomic E-state index is 12.5. The van der Waals surface area contributed by atoms with Crippen LogP contribution >= 0.6 is 15.9 Å². The number of H-pyrrole nitrogens is 1. The van der Waals surface area contributed by atoms with Crippen molar-refractivity contribution in [3.05, 3.63) is 38.1 Å². The van der Waals surface area contributed by atoms with Crippen molar-refractivity contribution in [1.29, 1.82) is 0 Å². The van der Waals surface area contributed by atoms with Crippen LogP contribution in [0.15, 0.2) is 21.4 Å². The van der Waals surface area contributed by atoms with E-state index >= 15 is 0 Å². The number of halogens is 1. The summed E-state index contributed by atoms with van der Waals surface area (Å²) in [6, 6.07) is 3.67. The number of aromatic amines is 1. The molecule has 1 N–H and O–H groups in total. The molecule has 5 heteroatoms. The van der Waals surface area contributed by atoms with E-state index < -0.39 is 0 Å². The van der Waals surface area contributed by atoms with E-state index in [9.17, 15) is 4.79 Å². The van der Waals surface area contributed by atoms with Crippen LogP contribution in [-0.4, -0.2) is 18.7 Å². The van der Waals surface area contributed by atoms with Crippen LogP contribution in [0.3, 0.4) is 0 Å². The summed E-state index contributed by atoms with van der Waals surface area (Å²) < 4.78 is 11.4. The third-order valence-electron chi connectivity index (χ3n) is 3.22. The Morgan fingerprint density at radius 2 is 2.28 bits per heavy atom. The number of hydrogen-bond acceptors (Lipinski definition) is 3. The standard InChI is InChI=1S/C13H12BrNO3/c1-17-10-3-2-8(14)11-12(10)15-9-4-5-18-6-7(9)13(11)16/h2-3H,4-6H2,1H3,(H,15,16). The van der Waals surface area contributed by atoms with Crippen molar-refractivity contribution in [2.45, 2.75) is 13.0 Å². The van der Waals surface area contributed by atoms with Crippen molar-refractivity contribution >= 4 is 26.8 Å². The lowest BCUT2D eigenvalue weighted by Gasteiger charge is -2.18. The number of pyridine rings is 1. The summed E-state index contributed by atoms with van der Waals surface area (Å²) in [7, 11) is 1.60. The minimum atomic E-state index is 0.0178. The summed E-state index contributed by atoms with van der Waals surface area (Å²) in [5.41, 5.74) is 2.44. The minimum Gasteiger partial charge on any atom is -0.495 e. The molecule has 2 aromatic rings. The van der Waals surface area contributed by atoms with Gasteiger partial charge in [-0.3, -0.25) is 4.79 Å². The highest BCUT2D eigenvalue weighted by Gasteiger charge is 2.19. The number of aromatic nitrogens is 1. The monoisotopic (exact) mass is 309 g/mol. The molecule has 2 heterocycles. The molecule has 0 unspecified atom stereocenters. The third-order valence-corrected chi connectivity index (χ3v) is 3.88. The fourth-order valence-corrected chi connectivity index (χ4v) is 2.81. The maximum atomic E-state index is 12.5. The van der Waals surface area contributed by atoms with Crippen LogP contribution in [0.2, 0.25) is 0 Å². The summed E-state index contributed by atoms with van der Waals surface area (Å²) in [5.74, 6) is 0.680. The number of rotatable bonds is 1. The summed E-state index contributed by atoms with van der Waals surface area (Å²) in [6.45, 7) is 1.02. The van der Waals surface area contributed by atoms with Gasteiger partial charge in [-0.15, -0.1) is 0 Å². The van der Waals surface area contributed by atoms with Gasteiger partial charge < -0.3 is 14.5 Å². The van der Waals surface area contributed by atoms with Crippen molar-refractivity contribution in [2.75, 3.05) is 13.7 Å². The molecule has 0 bridgehead atoms. The zero-order valence-corrected chi connectivity index (χ0v) is 11.5. The van der Waals surface area contributed by atoms with Gasteiger partial charge in [0, 0.05) is 22.2 Å². The molecule has 94 valence electrons. The molecule has 0 fully saturated rings. The molecule has 1 aliphatic heterocycles. The van der Waals surface area contributed by atoms with E-state index in [0.717, 1.165) is 27.7 Å². The highest BCUT2D eigenvalue weighted by molar-refractivity contribution is 9.10. The highest BCUT2D eigenvalue weighted by atomic mass is 79.9. The third kappa shape index (κ3) is 1.66. The maximum Gasteiger partial charge on any atom is 0.196 e. The average molecular weight is 310 g/mol. The van der Waals surface area contributed by atoms with Crippen molar-refractivity contribution in [1.82, 2.24) is 4.98 Å². The van der Waals surface area contributed by atoms with Crippen molar-refractivity contribution < 1.29 is 9.47 Å². The smallest absolute Gasteiger partial charge is 0.196 e. The number of fused-ring (bicyclic) bond motifs is 2. The lowest BCUT2D eigenvalue weighted by Crippen LogP contribution is -2.22. The molecule has 1 aromatic heterocycles. The number of ether oxygens (including phenoxy) is 2. The summed E-state index contributed by atoms with van der Waals surface area (Å²) >= 11 is 3.42. The normalized spacial score (nSPS) is 14.6. The predicted molar refractivity (Wildman–Crippen MR) is 72.2 cm³/mol. The van der Waals surface area contributed by atoms with Crippen LogP contribution in [0.1, 0.15) is 11.3 Å². The van der Waals surface area contributed by atoms with Gasteiger partial charge >= 0.3 is 0 Å². The molecule has 1 aliphatic rings. The molecule has 1 aromatic carbocycles. The van der Waals surface area contributed by atoms with Crippen LogP contribution < -0.4 is 10.2 Å². The van der Waals surface area contributed by atoms with Gasteiger partial charge in [-0.25, -0.2) is 0 Å². The van der Waals surface area contributed by atoms with Gasteiger partial charge in [0.15, 0.2) is 5.43 Å². The van der Waals surface area contributed by atoms with E-state index in [1.54, 1.807) is 7.11 Å². The second-order valence-corrected chi connectivity index (χ2v) is 5.07. The van der Waals surface area contributed by atoms with Gasteiger partial charge in [0.05, 0.1) is 31.2 Å². The fraction of sp³-hybridized carbons (Fsp3) is 0.308. The first kappa shape index (κ1) is 11.7. The molecule has 0 saturated carbocycles. The van der Waals surface area contributed by atoms with Crippen LogP contribution in [0.5, 0.6) is 5.75 Å². The second kappa shape index (κ2) is 4.40. The Hall–Kier alpha value is -1.33. The highest BCUT2D eigenvalue weighted by Crippen LogP contribution is 2.29. The topological polar surface area (TPSA) is 51.3 Å². The van der Waals surface area contributed by atoms with Gasteiger partial charge in [-0.1, -0.05) is 0 Å². The number of nitrogens with one attached hydrogen (secondary N) is 1. The van der Waals surface area contributed by atoms with Crippen molar-refractivity contribution in [2.24, 2.45) is 0 Å². The molecule has 0 spiro atoms. The van der Waals surface area contributed by atoms with Gasteiger partial charge in [-0.2, -0.15) is 0 Å². The van der Waals surface area contributed by atoms with Gasteiger partial charge in [0.25, 0.3) is 0 Å². The van der Waals surface area contributed by atoms with Crippen LogP contribution in [0.4, 0.5) is 0 Å². The molecule has 0 radical (unpaired) electrons. The van der Waals surface area contributed by atoms with E-state index in [2.05, 4.69) is 20.9 Å². The van der Waals surface area contributed by atoms with Gasteiger partial charge in [-0.05, 0) is 28.1 Å². The molecule has 0 atom stereocenters. The molecular formula is C13H12BrNO3. The first-order chi connectivity index (χ1) is 8.72. The molecule has 0 aliphatic carbocycles. The van der Waals surface area contributed by atoms with Crippen molar-refractivity contribution in [3.63, 3.8) is 0 Å². The zero-order chi connectivity index (χ0) is 12.7. The Kier molecular flexibility index (Phi) is 2.87. The fourth-order valence-electron chi connectivity index (χ4n) is 2.30. The van der Waals surface area contributed by atoms with E-state index in [0.29, 0.717) is 24.3 Å². The Morgan fingerprint density at radius 3 is 3.06 bits per heavy atom. The Morgan fingerprint density at radius 1 is 1.44 bits per heavy atom.